The molecule has 0 aromatic heterocycles. The fourth-order valence-corrected chi connectivity index (χ4v) is 2.33. The van der Waals surface area contributed by atoms with Crippen molar-refractivity contribution >= 4 is 22.1 Å². The molecular weight excluding hydrogens is 264 g/mol. The van der Waals surface area contributed by atoms with E-state index in [2.05, 4.69) is 4.18 Å². The zero-order chi connectivity index (χ0) is 14.3. The molecule has 0 aliphatic rings. The first-order valence-electron chi connectivity index (χ1n) is 5.49. The Morgan fingerprint density at radius 2 is 1.78 bits per heavy atom. The van der Waals surface area contributed by atoms with Gasteiger partial charge in [0.25, 0.3) is 10.1 Å². The Morgan fingerprint density at radius 3 is 2.17 bits per heavy atom. The Balaban J connectivity index is 4.47. The van der Waals surface area contributed by atoms with Gasteiger partial charge in [0.1, 0.15) is 0 Å². The predicted octanol–water partition coefficient (Wildman–Crippen LogP) is 0.697. The molecule has 0 amide bonds. The number of rotatable bonds is 9. The van der Waals surface area contributed by atoms with E-state index in [-0.39, 0.29) is 6.61 Å². The van der Waals surface area contributed by atoms with Crippen LogP contribution in [-0.4, -0.2) is 42.4 Å². The molecule has 0 rings (SSSR count). The van der Waals surface area contributed by atoms with Crippen molar-refractivity contribution in [3.05, 3.63) is 0 Å². The lowest BCUT2D eigenvalue weighted by molar-refractivity contribution is -0.143. The zero-order valence-corrected chi connectivity index (χ0v) is 11.1. The largest absolute Gasteiger partial charge is 0.481 e. The highest BCUT2D eigenvalue weighted by molar-refractivity contribution is 7.88. The smallest absolute Gasteiger partial charge is 0.325 e. The lowest BCUT2D eigenvalue weighted by Crippen LogP contribution is -2.34. The van der Waals surface area contributed by atoms with Crippen molar-refractivity contribution in [2.75, 3.05) is 6.61 Å². The number of carbonyl (C=O) groups is 2. The Labute approximate surface area is 106 Å². The number of carboxylic acids is 2. The first-order chi connectivity index (χ1) is 8.16. The van der Waals surface area contributed by atoms with Crippen molar-refractivity contribution in [1.29, 1.82) is 0 Å². The van der Waals surface area contributed by atoms with Gasteiger partial charge in [-0.2, -0.15) is 8.42 Å². The zero-order valence-electron chi connectivity index (χ0n) is 10.3. The molecule has 1 atom stereocenters. The number of hydrogen-bond acceptors (Lipinski definition) is 5. The van der Waals surface area contributed by atoms with E-state index in [9.17, 15) is 18.0 Å². The second-order valence-electron chi connectivity index (χ2n) is 4.28. The van der Waals surface area contributed by atoms with Crippen LogP contribution in [0.2, 0.25) is 0 Å². The molecule has 0 bridgehead atoms. The minimum Gasteiger partial charge on any atom is -0.481 e. The summed E-state index contributed by atoms with van der Waals surface area (Å²) in [5.74, 6) is -2.84. The van der Waals surface area contributed by atoms with E-state index in [1.54, 1.807) is 0 Å². The summed E-state index contributed by atoms with van der Waals surface area (Å²) in [6.45, 7) is 3.78. The minimum atomic E-state index is -4.40. The molecule has 0 aromatic rings. The van der Waals surface area contributed by atoms with Crippen LogP contribution in [0.3, 0.4) is 0 Å². The quantitative estimate of drug-likeness (QED) is 0.472. The highest BCUT2D eigenvalue weighted by Crippen LogP contribution is 2.11. The first kappa shape index (κ1) is 16.9. The molecule has 0 heterocycles. The highest BCUT2D eigenvalue weighted by atomic mass is 32.2. The summed E-state index contributed by atoms with van der Waals surface area (Å²) in [4.78, 5) is 21.1. The van der Waals surface area contributed by atoms with Crippen molar-refractivity contribution in [2.45, 2.75) is 38.4 Å². The molecule has 1 unspecified atom stereocenters. The number of carboxylic acid groups (broad SMARTS) is 2. The van der Waals surface area contributed by atoms with Crippen LogP contribution in [-0.2, 0) is 23.9 Å². The van der Waals surface area contributed by atoms with Gasteiger partial charge in [0, 0.05) is 0 Å². The number of aliphatic carboxylic acids is 2. The maximum atomic E-state index is 11.5. The van der Waals surface area contributed by atoms with Crippen LogP contribution in [0.1, 0.15) is 33.1 Å². The van der Waals surface area contributed by atoms with Gasteiger partial charge in [-0.15, -0.1) is 0 Å². The lowest BCUT2D eigenvalue weighted by atomic mass is 10.1. The number of hydrogen-bond donors (Lipinski definition) is 2. The Morgan fingerprint density at radius 1 is 1.22 bits per heavy atom. The third kappa shape index (κ3) is 6.55. The molecule has 0 aliphatic heterocycles. The van der Waals surface area contributed by atoms with Crippen LogP contribution in [0.25, 0.3) is 0 Å². The molecule has 0 saturated heterocycles. The van der Waals surface area contributed by atoms with Gasteiger partial charge in [-0.1, -0.05) is 13.8 Å². The summed E-state index contributed by atoms with van der Waals surface area (Å²) in [6.07, 6.45) is 0.199. The first-order valence-corrected chi connectivity index (χ1v) is 6.96. The molecular formula is C10H18O7S. The monoisotopic (exact) mass is 282 g/mol. The second-order valence-corrected chi connectivity index (χ2v) is 6.07. The molecule has 106 valence electrons. The maximum Gasteiger partial charge on any atom is 0.325 e. The maximum absolute atomic E-state index is 11.5. The van der Waals surface area contributed by atoms with E-state index in [0.717, 1.165) is 6.42 Å². The molecule has 2 N–H and O–H groups in total. The standard InChI is InChI=1S/C10H18O7S/c1-7(2)4-3-5-17-18(15,16)8(10(13)14)6-9(11)12/h7-8H,3-6H2,1-2H3,(H,11,12)(H,13,14). The van der Waals surface area contributed by atoms with Crippen molar-refractivity contribution in [1.82, 2.24) is 0 Å². The Hall–Kier alpha value is -1.15. The summed E-state index contributed by atoms with van der Waals surface area (Å²) < 4.78 is 27.5. The fraction of sp³-hybridized carbons (Fsp3) is 0.800. The third-order valence-corrected chi connectivity index (χ3v) is 3.72. The van der Waals surface area contributed by atoms with Gasteiger partial charge in [-0.25, -0.2) is 0 Å². The summed E-state index contributed by atoms with van der Waals surface area (Å²) in [5, 5.41) is 15.1. The van der Waals surface area contributed by atoms with Gasteiger partial charge >= 0.3 is 11.9 Å². The molecule has 7 nitrogen and oxygen atoms in total. The Bertz CT molecular complexity index is 385. The van der Waals surface area contributed by atoms with Crippen molar-refractivity contribution in [3.63, 3.8) is 0 Å². The van der Waals surface area contributed by atoms with Crippen LogP contribution in [0.15, 0.2) is 0 Å². The topological polar surface area (TPSA) is 118 Å². The van der Waals surface area contributed by atoms with Crippen LogP contribution in [0.5, 0.6) is 0 Å². The van der Waals surface area contributed by atoms with Crippen molar-refractivity contribution in [2.24, 2.45) is 5.92 Å². The van der Waals surface area contributed by atoms with Gasteiger partial charge in [0.05, 0.1) is 13.0 Å². The lowest BCUT2D eigenvalue weighted by Gasteiger charge is -2.12. The summed E-state index contributed by atoms with van der Waals surface area (Å²) in [5.41, 5.74) is 0. The van der Waals surface area contributed by atoms with E-state index in [1.807, 2.05) is 13.8 Å². The van der Waals surface area contributed by atoms with E-state index >= 15 is 0 Å². The van der Waals surface area contributed by atoms with Gasteiger partial charge in [-0.05, 0) is 18.8 Å². The highest BCUT2D eigenvalue weighted by Gasteiger charge is 2.35. The Kier molecular flexibility index (Phi) is 6.85. The van der Waals surface area contributed by atoms with E-state index in [0.29, 0.717) is 12.3 Å². The predicted molar refractivity (Wildman–Crippen MR) is 62.6 cm³/mol. The molecule has 0 aliphatic carbocycles. The second kappa shape index (κ2) is 7.32. The van der Waals surface area contributed by atoms with E-state index in [4.69, 9.17) is 10.2 Å². The van der Waals surface area contributed by atoms with Crippen molar-refractivity contribution in [3.8, 4) is 0 Å². The molecule has 0 radical (unpaired) electrons. The summed E-state index contributed by atoms with van der Waals surface area (Å²) >= 11 is 0. The fourth-order valence-electron chi connectivity index (χ4n) is 1.22. The molecule has 0 spiro atoms. The normalized spacial score (nSPS) is 13.5. The third-order valence-electron chi connectivity index (χ3n) is 2.16. The molecule has 0 saturated carbocycles. The van der Waals surface area contributed by atoms with Crippen LogP contribution >= 0.6 is 0 Å². The molecule has 18 heavy (non-hydrogen) atoms. The van der Waals surface area contributed by atoms with E-state index < -0.39 is 33.7 Å². The van der Waals surface area contributed by atoms with Crippen LogP contribution in [0, 0.1) is 5.92 Å². The van der Waals surface area contributed by atoms with Gasteiger partial charge < -0.3 is 10.2 Å². The van der Waals surface area contributed by atoms with Crippen molar-refractivity contribution < 1.29 is 32.4 Å². The minimum absolute atomic E-state index is 0.135. The van der Waals surface area contributed by atoms with Crippen LogP contribution in [0.4, 0.5) is 0 Å². The average molecular weight is 282 g/mol. The summed E-state index contributed by atoms with van der Waals surface area (Å²) in [6, 6.07) is 0. The molecule has 0 fully saturated rings. The van der Waals surface area contributed by atoms with Crippen LogP contribution < -0.4 is 0 Å². The van der Waals surface area contributed by atoms with Gasteiger partial charge in [0.15, 0.2) is 5.25 Å². The van der Waals surface area contributed by atoms with E-state index in [1.165, 1.54) is 0 Å². The molecule has 8 heteroatoms. The van der Waals surface area contributed by atoms with Gasteiger partial charge in [-0.3, -0.25) is 13.8 Å². The summed E-state index contributed by atoms with van der Waals surface area (Å²) in [7, 11) is -4.40. The SMILES string of the molecule is CC(C)CCCOS(=O)(=O)C(CC(=O)O)C(=O)O. The average Bonchev–Trinajstić information content (AvgIpc) is 2.20. The molecule has 0 aromatic carbocycles. The van der Waals surface area contributed by atoms with Gasteiger partial charge in [0.2, 0.25) is 0 Å².